The van der Waals surface area contributed by atoms with Crippen LogP contribution < -0.4 is 0 Å². The van der Waals surface area contributed by atoms with Crippen LogP contribution in [-0.4, -0.2) is 16.0 Å². The van der Waals surface area contributed by atoms with E-state index < -0.39 is 16.7 Å². The lowest BCUT2D eigenvalue weighted by molar-refractivity contribution is -0.384. The molecule has 0 spiro atoms. The van der Waals surface area contributed by atoms with Crippen LogP contribution in [0.15, 0.2) is 36.4 Å². The minimum Gasteiger partial charge on any atom is -0.478 e. The third-order valence-electron chi connectivity index (χ3n) is 2.63. The van der Waals surface area contributed by atoms with Crippen molar-refractivity contribution in [2.45, 2.75) is 0 Å². The molecule has 0 aliphatic rings. The highest BCUT2D eigenvalue weighted by Crippen LogP contribution is 2.29. The Morgan fingerprint density at radius 3 is 2.45 bits per heavy atom. The Kier molecular flexibility index (Phi) is 3.67. The number of non-ortho nitro benzene ring substituents is 1. The average molecular weight is 296 g/mol. The second kappa shape index (κ2) is 5.26. The molecule has 0 saturated carbocycles. The molecule has 7 heteroatoms. The molecule has 2 rings (SSSR count). The highest BCUT2D eigenvalue weighted by atomic mass is 35.5. The summed E-state index contributed by atoms with van der Waals surface area (Å²) >= 11 is 5.64. The van der Waals surface area contributed by atoms with E-state index >= 15 is 0 Å². The van der Waals surface area contributed by atoms with Crippen molar-refractivity contribution >= 4 is 23.3 Å². The van der Waals surface area contributed by atoms with Gasteiger partial charge in [0.1, 0.15) is 5.82 Å². The van der Waals surface area contributed by atoms with Crippen molar-refractivity contribution in [2.24, 2.45) is 0 Å². The molecule has 0 aliphatic carbocycles. The first-order chi connectivity index (χ1) is 9.38. The molecule has 0 heterocycles. The van der Waals surface area contributed by atoms with Crippen molar-refractivity contribution in [3.8, 4) is 11.1 Å². The number of hydrogen-bond donors (Lipinski definition) is 1. The van der Waals surface area contributed by atoms with E-state index in [0.717, 1.165) is 12.1 Å². The van der Waals surface area contributed by atoms with E-state index in [0.29, 0.717) is 5.56 Å². The molecule has 2 aromatic carbocycles. The van der Waals surface area contributed by atoms with Gasteiger partial charge in [-0.05, 0) is 29.3 Å². The van der Waals surface area contributed by atoms with Gasteiger partial charge in [-0.3, -0.25) is 10.1 Å². The van der Waals surface area contributed by atoms with E-state index in [2.05, 4.69) is 0 Å². The van der Waals surface area contributed by atoms with Crippen LogP contribution in [0.1, 0.15) is 10.4 Å². The minimum atomic E-state index is -1.29. The van der Waals surface area contributed by atoms with Gasteiger partial charge in [0.15, 0.2) is 0 Å². The highest BCUT2D eigenvalue weighted by molar-refractivity contribution is 6.31. The van der Waals surface area contributed by atoms with E-state index in [9.17, 15) is 19.3 Å². The predicted octanol–water partition coefficient (Wildman–Crippen LogP) is 3.75. The first-order valence-corrected chi connectivity index (χ1v) is 5.74. The summed E-state index contributed by atoms with van der Waals surface area (Å²) in [6.45, 7) is 0. The SMILES string of the molecule is O=C(O)c1cc(-c2ccc(F)c(Cl)c2)cc([N+](=O)[O-])c1. The highest BCUT2D eigenvalue weighted by Gasteiger charge is 2.15. The van der Waals surface area contributed by atoms with Gasteiger partial charge >= 0.3 is 5.97 Å². The molecule has 0 aromatic heterocycles. The third-order valence-corrected chi connectivity index (χ3v) is 2.92. The maximum Gasteiger partial charge on any atom is 0.335 e. The van der Waals surface area contributed by atoms with Crippen LogP contribution in [0.25, 0.3) is 11.1 Å². The first-order valence-electron chi connectivity index (χ1n) is 5.36. The quantitative estimate of drug-likeness (QED) is 0.690. The summed E-state index contributed by atoms with van der Waals surface area (Å²) in [4.78, 5) is 21.1. The smallest absolute Gasteiger partial charge is 0.335 e. The first kappa shape index (κ1) is 14.0. The molecule has 2 aromatic rings. The van der Waals surface area contributed by atoms with Gasteiger partial charge in [-0.1, -0.05) is 17.7 Å². The van der Waals surface area contributed by atoms with E-state index in [-0.39, 0.29) is 21.8 Å². The van der Waals surface area contributed by atoms with Gasteiger partial charge in [-0.2, -0.15) is 0 Å². The predicted molar refractivity (Wildman–Crippen MR) is 70.5 cm³/mol. The molecule has 0 fully saturated rings. The average Bonchev–Trinajstić information content (AvgIpc) is 2.41. The molecule has 1 N–H and O–H groups in total. The van der Waals surface area contributed by atoms with Gasteiger partial charge in [0.05, 0.1) is 15.5 Å². The number of nitro groups is 1. The Bertz CT molecular complexity index is 685. The van der Waals surface area contributed by atoms with Crippen molar-refractivity contribution in [1.82, 2.24) is 0 Å². The zero-order chi connectivity index (χ0) is 14.9. The molecular weight excluding hydrogens is 289 g/mol. The van der Waals surface area contributed by atoms with Crippen LogP contribution in [-0.2, 0) is 0 Å². The fourth-order valence-corrected chi connectivity index (χ4v) is 1.86. The lowest BCUT2D eigenvalue weighted by Gasteiger charge is -2.05. The second-order valence-corrected chi connectivity index (χ2v) is 4.37. The number of carbonyl (C=O) groups is 1. The van der Waals surface area contributed by atoms with E-state index in [4.69, 9.17) is 16.7 Å². The van der Waals surface area contributed by atoms with Crippen LogP contribution in [0, 0.1) is 15.9 Å². The number of halogens is 2. The zero-order valence-corrected chi connectivity index (χ0v) is 10.6. The molecule has 0 radical (unpaired) electrons. The summed E-state index contributed by atoms with van der Waals surface area (Å²) in [6.07, 6.45) is 0. The molecule has 0 unspecified atom stereocenters. The van der Waals surface area contributed by atoms with Gasteiger partial charge in [0, 0.05) is 12.1 Å². The number of carboxylic acid groups (broad SMARTS) is 1. The maximum absolute atomic E-state index is 13.1. The summed E-state index contributed by atoms with van der Waals surface area (Å²) < 4.78 is 13.1. The van der Waals surface area contributed by atoms with Crippen molar-refractivity contribution in [3.05, 3.63) is 62.9 Å². The molecule has 5 nitrogen and oxygen atoms in total. The van der Waals surface area contributed by atoms with Gasteiger partial charge < -0.3 is 5.11 Å². The van der Waals surface area contributed by atoms with Gasteiger partial charge in [0.25, 0.3) is 5.69 Å². The topological polar surface area (TPSA) is 80.4 Å². The van der Waals surface area contributed by atoms with Gasteiger partial charge in [-0.15, -0.1) is 0 Å². The van der Waals surface area contributed by atoms with Gasteiger partial charge in [0.2, 0.25) is 0 Å². The van der Waals surface area contributed by atoms with Crippen molar-refractivity contribution in [3.63, 3.8) is 0 Å². The number of nitro benzene ring substituents is 1. The number of hydrogen-bond acceptors (Lipinski definition) is 3. The Morgan fingerprint density at radius 2 is 1.90 bits per heavy atom. The Labute approximate surface area is 117 Å². The molecule has 20 heavy (non-hydrogen) atoms. The molecule has 0 atom stereocenters. The Balaban J connectivity index is 2.63. The number of rotatable bonds is 3. The number of carboxylic acids is 1. The van der Waals surface area contributed by atoms with Crippen LogP contribution in [0.3, 0.4) is 0 Å². The summed E-state index contributed by atoms with van der Waals surface area (Å²) in [5.74, 6) is -1.91. The standard InChI is InChI=1S/C13H7ClFNO4/c14-11-6-7(1-2-12(11)15)8-3-9(13(17)18)5-10(4-8)16(19)20/h1-6H,(H,17,18). The van der Waals surface area contributed by atoms with Crippen LogP contribution >= 0.6 is 11.6 Å². The van der Waals surface area contributed by atoms with Crippen LogP contribution in [0.4, 0.5) is 10.1 Å². The van der Waals surface area contributed by atoms with E-state index in [1.165, 1.54) is 24.3 Å². The summed E-state index contributed by atoms with van der Waals surface area (Å²) in [7, 11) is 0. The Morgan fingerprint density at radius 1 is 1.20 bits per heavy atom. The summed E-state index contributed by atoms with van der Waals surface area (Å²) in [5.41, 5.74) is 0.0797. The van der Waals surface area contributed by atoms with Crippen molar-refractivity contribution < 1.29 is 19.2 Å². The Hall–Kier alpha value is -2.47. The lowest BCUT2D eigenvalue weighted by atomic mass is 10.0. The molecule has 0 bridgehead atoms. The number of aromatic carboxylic acids is 1. The molecule has 0 aliphatic heterocycles. The summed E-state index contributed by atoms with van der Waals surface area (Å²) in [5, 5.41) is 19.6. The largest absolute Gasteiger partial charge is 0.478 e. The van der Waals surface area contributed by atoms with Crippen molar-refractivity contribution in [2.75, 3.05) is 0 Å². The van der Waals surface area contributed by atoms with Crippen molar-refractivity contribution in [1.29, 1.82) is 0 Å². The maximum atomic E-state index is 13.1. The van der Waals surface area contributed by atoms with E-state index in [1.807, 2.05) is 0 Å². The molecule has 0 amide bonds. The molecule has 102 valence electrons. The number of nitrogens with zero attached hydrogens (tertiary/aromatic N) is 1. The van der Waals surface area contributed by atoms with Crippen LogP contribution in [0.5, 0.6) is 0 Å². The lowest BCUT2D eigenvalue weighted by Crippen LogP contribution is -1.99. The number of benzene rings is 2. The molecular formula is C13H7ClFNO4. The third kappa shape index (κ3) is 2.75. The van der Waals surface area contributed by atoms with E-state index in [1.54, 1.807) is 0 Å². The zero-order valence-electron chi connectivity index (χ0n) is 9.84. The fourth-order valence-electron chi connectivity index (χ4n) is 1.68. The minimum absolute atomic E-state index is 0.147. The summed E-state index contributed by atoms with van der Waals surface area (Å²) in [6, 6.07) is 7.18. The monoisotopic (exact) mass is 295 g/mol. The second-order valence-electron chi connectivity index (χ2n) is 3.96. The molecule has 0 saturated heterocycles. The normalized spacial score (nSPS) is 10.3. The van der Waals surface area contributed by atoms with Gasteiger partial charge in [-0.25, -0.2) is 9.18 Å². The van der Waals surface area contributed by atoms with Crippen LogP contribution in [0.2, 0.25) is 5.02 Å². The fraction of sp³-hybridized carbons (Fsp3) is 0.